The van der Waals surface area contributed by atoms with E-state index in [-0.39, 0.29) is 0 Å². The summed E-state index contributed by atoms with van der Waals surface area (Å²) in [5, 5.41) is 0.725. The van der Waals surface area contributed by atoms with Gasteiger partial charge in [-0.1, -0.05) is 11.6 Å². The van der Waals surface area contributed by atoms with E-state index in [1.165, 1.54) is 5.56 Å². The van der Waals surface area contributed by atoms with Crippen LogP contribution >= 0.6 is 11.6 Å². The number of aryl methyl sites for hydroxylation is 1. The number of halogens is 1. The molecule has 88 valence electrons. The van der Waals surface area contributed by atoms with Gasteiger partial charge in [-0.05, 0) is 25.0 Å². The summed E-state index contributed by atoms with van der Waals surface area (Å²) in [4.78, 5) is 6.69. The monoisotopic (exact) mass is 240 g/mol. The van der Waals surface area contributed by atoms with Crippen LogP contribution in [0, 0.1) is 6.92 Å². The highest BCUT2D eigenvalue weighted by atomic mass is 35.5. The Kier molecular flexibility index (Phi) is 4.16. The molecule has 0 amide bonds. The van der Waals surface area contributed by atoms with Crippen LogP contribution in [-0.4, -0.2) is 42.7 Å². The van der Waals surface area contributed by atoms with Crippen molar-refractivity contribution in [3.05, 3.63) is 28.5 Å². The van der Waals surface area contributed by atoms with Crippen molar-refractivity contribution in [2.75, 3.05) is 32.8 Å². The van der Waals surface area contributed by atoms with Crippen LogP contribution in [0.3, 0.4) is 0 Å². The van der Waals surface area contributed by atoms with Crippen LogP contribution in [0.15, 0.2) is 12.3 Å². The maximum Gasteiger partial charge on any atom is 0.0594 e. The molecule has 0 atom stereocenters. The van der Waals surface area contributed by atoms with Crippen molar-refractivity contribution in [3.8, 4) is 0 Å². The van der Waals surface area contributed by atoms with Gasteiger partial charge in [-0.15, -0.1) is 0 Å². The third-order valence-corrected chi connectivity index (χ3v) is 3.17. The Morgan fingerprint density at radius 3 is 2.94 bits per heavy atom. The molecule has 0 unspecified atom stereocenters. The van der Waals surface area contributed by atoms with E-state index in [9.17, 15) is 0 Å². The second kappa shape index (κ2) is 5.62. The fourth-order valence-corrected chi connectivity index (χ4v) is 2.09. The van der Waals surface area contributed by atoms with Gasteiger partial charge >= 0.3 is 0 Å². The maximum absolute atomic E-state index is 5.94. The Labute approximate surface area is 101 Å². The first-order valence-electron chi connectivity index (χ1n) is 5.67. The Hall–Kier alpha value is -0.640. The molecular formula is C12H17ClN2O. The van der Waals surface area contributed by atoms with Crippen molar-refractivity contribution >= 4 is 11.6 Å². The number of aromatic nitrogens is 1. The van der Waals surface area contributed by atoms with Crippen molar-refractivity contribution in [2.45, 2.75) is 13.3 Å². The van der Waals surface area contributed by atoms with Crippen LogP contribution in [0.5, 0.6) is 0 Å². The minimum absolute atomic E-state index is 0.725. The quantitative estimate of drug-likeness (QED) is 0.807. The molecule has 1 aromatic heterocycles. The van der Waals surface area contributed by atoms with E-state index < -0.39 is 0 Å². The molecule has 1 aromatic rings. The molecule has 16 heavy (non-hydrogen) atoms. The summed E-state index contributed by atoms with van der Waals surface area (Å²) in [5.74, 6) is 0. The van der Waals surface area contributed by atoms with E-state index in [0.717, 1.165) is 50.0 Å². The van der Waals surface area contributed by atoms with Gasteiger partial charge in [-0.3, -0.25) is 9.88 Å². The third-order valence-electron chi connectivity index (χ3n) is 2.96. The fourth-order valence-electron chi connectivity index (χ4n) is 1.91. The number of rotatable bonds is 3. The van der Waals surface area contributed by atoms with Crippen LogP contribution in [0.2, 0.25) is 5.02 Å². The highest BCUT2D eigenvalue weighted by Gasteiger charge is 2.10. The highest BCUT2D eigenvalue weighted by molar-refractivity contribution is 6.30. The molecule has 0 radical (unpaired) electrons. The lowest BCUT2D eigenvalue weighted by Gasteiger charge is -2.26. The first-order valence-corrected chi connectivity index (χ1v) is 6.04. The smallest absolute Gasteiger partial charge is 0.0594 e. The second-order valence-electron chi connectivity index (χ2n) is 4.10. The Balaban J connectivity index is 1.90. The minimum Gasteiger partial charge on any atom is -0.379 e. The molecule has 2 heterocycles. The SMILES string of the molecule is Cc1ncc(Cl)cc1CCN1CCOCC1. The minimum atomic E-state index is 0.725. The zero-order valence-electron chi connectivity index (χ0n) is 9.58. The Morgan fingerprint density at radius 1 is 1.44 bits per heavy atom. The van der Waals surface area contributed by atoms with Gasteiger partial charge in [0.2, 0.25) is 0 Å². The largest absolute Gasteiger partial charge is 0.379 e. The van der Waals surface area contributed by atoms with Crippen molar-refractivity contribution < 1.29 is 4.74 Å². The number of hydrogen-bond acceptors (Lipinski definition) is 3. The molecule has 1 saturated heterocycles. The molecule has 0 bridgehead atoms. The number of ether oxygens (including phenoxy) is 1. The predicted molar refractivity (Wildman–Crippen MR) is 64.9 cm³/mol. The summed E-state index contributed by atoms with van der Waals surface area (Å²) in [7, 11) is 0. The van der Waals surface area contributed by atoms with Gasteiger partial charge in [0.05, 0.1) is 18.2 Å². The molecule has 1 aliphatic rings. The second-order valence-corrected chi connectivity index (χ2v) is 4.54. The first kappa shape index (κ1) is 11.8. The number of morpholine rings is 1. The molecular weight excluding hydrogens is 224 g/mol. The fraction of sp³-hybridized carbons (Fsp3) is 0.583. The van der Waals surface area contributed by atoms with E-state index >= 15 is 0 Å². The van der Waals surface area contributed by atoms with Crippen molar-refractivity contribution in [2.24, 2.45) is 0 Å². The average molecular weight is 241 g/mol. The number of nitrogens with zero attached hydrogens (tertiary/aromatic N) is 2. The van der Waals surface area contributed by atoms with Crippen LogP contribution in [-0.2, 0) is 11.2 Å². The molecule has 1 fully saturated rings. The molecule has 0 aromatic carbocycles. The average Bonchev–Trinajstić information content (AvgIpc) is 2.32. The van der Waals surface area contributed by atoms with E-state index in [2.05, 4.69) is 9.88 Å². The third kappa shape index (κ3) is 3.17. The van der Waals surface area contributed by atoms with E-state index in [1.54, 1.807) is 6.20 Å². The maximum atomic E-state index is 5.94. The zero-order chi connectivity index (χ0) is 11.4. The normalized spacial score (nSPS) is 17.6. The number of pyridine rings is 1. The number of hydrogen-bond donors (Lipinski definition) is 0. The van der Waals surface area contributed by atoms with Crippen molar-refractivity contribution in [1.29, 1.82) is 0 Å². The summed E-state index contributed by atoms with van der Waals surface area (Å²) < 4.78 is 5.32. The van der Waals surface area contributed by atoms with Gasteiger partial charge in [-0.2, -0.15) is 0 Å². The summed E-state index contributed by atoms with van der Waals surface area (Å²) in [6, 6.07) is 2.02. The molecule has 0 saturated carbocycles. The van der Waals surface area contributed by atoms with Crippen molar-refractivity contribution in [3.63, 3.8) is 0 Å². The highest BCUT2D eigenvalue weighted by Crippen LogP contribution is 2.13. The zero-order valence-corrected chi connectivity index (χ0v) is 10.3. The predicted octanol–water partition coefficient (Wildman–Crippen LogP) is 1.92. The van der Waals surface area contributed by atoms with Gasteiger partial charge in [0.1, 0.15) is 0 Å². The van der Waals surface area contributed by atoms with Gasteiger partial charge in [0, 0.05) is 31.5 Å². The summed E-state index contributed by atoms with van der Waals surface area (Å²) in [5.41, 5.74) is 2.33. The molecule has 0 N–H and O–H groups in total. The molecule has 2 rings (SSSR count). The molecule has 4 heteroatoms. The van der Waals surface area contributed by atoms with E-state index in [4.69, 9.17) is 16.3 Å². The molecule has 1 aliphatic heterocycles. The van der Waals surface area contributed by atoms with Crippen LogP contribution in [0.25, 0.3) is 0 Å². The Bertz CT molecular complexity index is 351. The van der Waals surface area contributed by atoms with E-state index in [0.29, 0.717) is 0 Å². The lowest BCUT2D eigenvalue weighted by atomic mass is 10.1. The van der Waals surface area contributed by atoms with Crippen LogP contribution in [0.4, 0.5) is 0 Å². The summed E-state index contributed by atoms with van der Waals surface area (Å²) >= 11 is 5.94. The van der Waals surface area contributed by atoms with Crippen molar-refractivity contribution in [1.82, 2.24) is 9.88 Å². The molecule has 0 aliphatic carbocycles. The molecule has 0 spiro atoms. The van der Waals surface area contributed by atoms with Crippen LogP contribution < -0.4 is 0 Å². The summed E-state index contributed by atoms with van der Waals surface area (Å²) in [6.07, 6.45) is 2.72. The summed E-state index contributed by atoms with van der Waals surface area (Å²) in [6.45, 7) is 6.87. The van der Waals surface area contributed by atoms with Gasteiger partial charge < -0.3 is 4.74 Å². The molecule has 3 nitrogen and oxygen atoms in total. The topological polar surface area (TPSA) is 25.4 Å². The van der Waals surface area contributed by atoms with E-state index in [1.807, 2.05) is 13.0 Å². The Morgan fingerprint density at radius 2 is 2.19 bits per heavy atom. The van der Waals surface area contributed by atoms with Gasteiger partial charge in [0.25, 0.3) is 0 Å². The lowest BCUT2D eigenvalue weighted by molar-refractivity contribution is 0.0384. The van der Waals surface area contributed by atoms with Gasteiger partial charge in [0.15, 0.2) is 0 Å². The first-order chi connectivity index (χ1) is 7.75. The lowest BCUT2D eigenvalue weighted by Crippen LogP contribution is -2.37. The standard InChI is InChI=1S/C12H17ClN2O/c1-10-11(8-12(13)9-14-10)2-3-15-4-6-16-7-5-15/h8-9H,2-7H2,1H3. The van der Waals surface area contributed by atoms with Gasteiger partial charge in [-0.25, -0.2) is 0 Å². The van der Waals surface area contributed by atoms with Crippen LogP contribution in [0.1, 0.15) is 11.3 Å².